The van der Waals surface area contributed by atoms with E-state index in [4.69, 9.17) is 0 Å². The van der Waals surface area contributed by atoms with Crippen molar-refractivity contribution >= 4 is 0 Å². The van der Waals surface area contributed by atoms with Crippen LogP contribution >= 0.6 is 0 Å². The normalized spacial score (nSPS) is 18.4. The summed E-state index contributed by atoms with van der Waals surface area (Å²) in [6, 6.07) is 10.2. The molecule has 116 valence electrons. The van der Waals surface area contributed by atoms with E-state index >= 15 is 0 Å². The molecule has 1 N–H and O–H groups in total. The van der Waals surface area contributed by atoms with Crippen molar-refractivity contribution in [1.82, 2.24) is 4.90 Å². The predicted octanol–water partition coefficient (Wildman–Crippen LogP) is 4.11. The van der Waals surface area contributed by atoms with Crippen molar-refractivity contribution in [2.75, 3.05) is 19.6 Å². The second-order valence-corrected chi connectivity index (χ2v) is 5.98. The zero-order chi connectivity index (χ0) is 15.1. The molecular weight excluding hydrogens is 258 g/mol. The summed E-state index contributed by atoms with van der Waals surface area (Å²) < 4.78 is 0. The predicted molar refractivity (Wildman–Crippen MR) is 89.3 cm³/mol. The van der Waals surface area contributed by atoms with E-state index in [0.717, 1.165) is 44.5 Å². The molecule has 2 rings (SSSR count). The summed E-state index contributed by atoms with van der Waals surface area (Å²) in [6.07, 6.45) is 7.65. The number of allylic oxidation sites excluding steroid dienone is 1. The molecule has 0 aromatic heterocycles. The largest absolute Gasteiger partial charge is 0.381 e. The maximum atomic E-state index is 11.5. The SMILES string of the molecule is CCN(CC)CCC(O)(C1=CCCCC1)c1ccccc1. The first-order chi connectivity index (χ1) is 10.2. The summed E-state index contributed by atoms with van der Waals surface area (Å²) in [5.41, 5.74) is 1.49. The third kappa shape index (κ3) is 3.96. The van der Waals surface area contributed by atoms with Crippen molar-refractivity contribution in [3.05, 3.63) is 47.5 Å². The minimum Gasteiger partial charge on any atom is -0.381 e. The van der Waals surface area contributed by atoms with Crippen molar-refractivity contribution in [3.8, 4) is 0 Å². The van der Waals surface area contributed by atoms with Crippen molar-refractivity contribution in [2.45, 2.75) is 51.6 Å². The molecule has 0 radical (unpaired) electrons. The van der Waals surface area contributed by atoms with Crippen LogP contribution in [0.4, 0.5) is 0 Å². The molecule has 0 bridgehead atoms. The van der Waals surface area contributed by atoms with E-state index < -0.39 is 5.60 Å². The third-order valence-corrected chi connectivity index (χ3v) is 4.76. The first-order valence-corrected chi connectivity index (χ1v) is 8.40. The fraction of sp³-hybridized carbons (Fsp3) is 0.579. The molecule has 1 aromatic carbocycles. The number of hydrogen-bond acceptors (Lipinski definition) is 2. The molecule has 2 heteroatoms. The maximum Gasteiger partial charge on any atom is 0.112 e. The molecule has 21 heavy (non-hydrogen) atoms. The fourth-order valence-corrected chi connectivity index (χ4v) is 3.28. The highest BCUT2D eigenvalue weighted by molar-refractivity contribution is 5.33. The molecule has 1 aromatic rings. The number of hydrogen-bond donors (Lipinski definition) is 1. The van der Waals surface area contributed by atoms with E-state index in [1.54, 1.807) is 0 Å². The van der Waals surface area contributed by atoms with Crippen LogP contribution in [0.5, 0.6) is 0 Å². The summed E-state index contributed by atoms with van der Waals surface area (Å²) in [5, 5.41) is 11.5. The summed E-state index contributed by atoms with van der Waals surface area (Å²) in [6.45, 7) is 7.40. The van der Waals surface area contributed by atoms with Crippen LogP contribution in [-0.4, -0.2) is 29.6 Å². The van der Waals surface area contributed by atoms with E-state index in [1.165, 1.54) is 18.4 Å². The average molecular weight is 287 g/mol. The highest BCUT2D eigenvalue weighted by Gasteiger charge is 2.33. The molecule has 1 atom stereocenters. The Morgan fingerprint density at radius 2 is 1.81 bits per heavy atom. The van der Waals surface area contributed by atoms with Gasteiger partial charge in [-0.2, -0.15) is 0 Å². The summed E-state index contributed by atoms with van der Waals surface area (Å²) in [4.78, 5) is 2.39. The van der Waals surface area contributed by atoms with Crippen LogP contribution in [0.1, 0.15) is 51.5 Å². The van der Waals surface area contributed by atoms with E-state index in [0.29, 0.717) is 0 Å². The average Bonchev–Trinajstić information content (AvgIpc) is 2.57. The topological polar surface area (TPSA) is 23.5 Å². The van der Waals surface area contributed by atoms with Crippen LogP contribution in [0.15, 0.2) is 42.0 Å². The van der Waals surface area contributed by atoms with E-state index in [1.807, 2.05) is 18.2 Å². The quantitative estimate of drug-likeness (QED) is 0.763. The standard InChI is InChI=1S/C19H29NO/c1-3-20(4-2)16-15-19(21,17-11-7-5-8-12-17)18-13-9-6-10-14-18/h5,7-8,11-13,21H,3-4,6,9-10,14-16H2,1-2H3. The lowest BCUT2D eigenvalue weighted by Gasteiger charge is -2.35. The lowest BCUT2D eigenvalue weighted by molar-refractivity contribution is 0.0495. The van der Waals surface area contributed by atoms with Crippen LogP contribution in [0.3, 0.4) is 0 Å². The van der Waals surface area contributed by atoms with Crippen LogP contribution in [0.25, 0.3) is 0 Å². The number of aliphatic hydroxyl groups is 1. The summed E-state index contributed by atoms with van der Waals surface area (Å²) in [5.74, 6) is 0. The maximum absolute atomic E-state index is 11.5. The fourth-order valence-electron chi connectivity index (χ4n) is 3.28. The summed E-state index contributed by atoms with van der Waals surface area (Å²) in [7, 11) is 0. The number of benzene rings is 1. The van der Waals surface area contributed by atoms with Gasteiger partial charge < -0.3 is 10.0 Å². The molecule has 0 saturated carbocycles. The molecule has 0 heterocycles. The third-order valence-electron chi connectivity index (χ3n) is 4.76. The van der Waals surface area contributed by atoms with Gasteiger partial charge in [0.2, 0.25) is 0 Å². The Kier molecular flexibility index (Phi) is 6.01. The van der Waals surface area contributed by atoms with Crippen molar-refractivity contribution in [1.29, 1.82) is 0 Å². The number of nitrogens with zero attached hydrogens (tertiary/aromatic N) is 1. The van der Waals surface area contributed by atoms with Gasteiger partial charge in [0, 0.05) is 6.54 Å². The van der Waals surface area contributed by atoms with Gasteiger partial charge in [-0.05, 0) is 56.3 Å². The zero-order valence-corrected chi connectivity index (χ0v) is 13.5. The molecule has 1 aliphatic rings. The monoisotopic (exact) mass is 287 g/mol. The van der Waals surface area contributed by atoms with Gasteiger partial charge in [0.05, 0.1) is 0 Å². The van der Waals surface area contributed by atoms with Gasteiger partial charge in [0.1, 0.15) is 5.60 Å². The van der Waals surface area contributed by atoms with Gasteiger partial charge in [-0.25, -0.2) is 0 Å². The Hall–Kier alpha value is -1.12. The van der Waals surface area contributed by atoms with Crippen LogP contribution in [-0.2, 0) is 5.60 Å². The van der Waals surface area contributed by atoms with Crippen LogP contribution in [0.2, 0.25) is 0 Å². The van der Waals surface area contributed by atoms with Gasteiger partial charge >= 0.3 is 0 Å². The Bertz CT molecular complexity index is 450. The Labute approximate surface area is 129 Å². The molecule has 1 aliphatic carbocycles. The van der Waals surface area contributed by atoms with Gasteiger partial charge in [-0.15, -0.1) is 0 Å². The first kappa shape index (κ1) is 16.3. The molecule has 0 fully saturated rings. The van der Waals surface area contributed by atoms with Crippen LogP contribution in [0, 0.1) is 0 Å². The highest BCUT2D eigenvalue weighted by atomic mass is 16.3. The van der Waals surface area contributed by atoms with Gasteiger partial charge in [0.15, 0.2) is 0 Å². The lowest BCUT2D eigenvalue weighted by Crippen LogP contribution is -2.35. The van der Waals surface area contributed by atoms with Crippen LogP contribution < -0.4 is 0 Å². The number of rotatable bonds is 7. The van der Waals surface area contributed by atoms with Gasteiger partial charge in [0.25, 0.3) is 0 Å². The first-order valence-electron chi connectivity index (χ1n) is 8.40. The molecule has 0 aliphatic heterocycles. The highest BCUT2D eigenvalue weighted by Crippen LogP contribution is 2.38. The Balaban J connectivity index is 2.23. The van der Waals surface area contributed by atoms with Gasteiger partial charge in [-0.3, -0.25) is 0 Å². The van der Waals surface area contributed by atoms with Crippen molar-refractivity contribution in [3.63, 3.8) is 0 Å². The molecule has 1 unspecified atom stereocenters. The van der Waals surface area contributed by atoms with Gasteiger partial charge in [-0.1, -0.05) is 50.3 Å². The summed E-state index contributed by atoms with van der Waals surface area (Å²) >= 11 is 0. The minimum absolute atomic E-state index is 0.782. The van der Waals surface area contributed by atoms with E-state index in [-0.39, 0.29) is 0 Å². The Morgan fingerprint density at radius 1 is 1.10 bits per heavy atom. The smallest absolute Gasteiger partial charge is 0.112 e. The van der Waals surface area contributed by atoms with E-state index in [9.17, 15) is 5.11 Å². The molecule has 0 spiro atoms. The Morgan fingerprint density at radius 3 is 2.38 bits per heavy atom. The minimum atomic E-state index is -0.787. The molecular formula is C19H29NO. The van der Waals surface area contributed by atoms with Crippen molar-refractivity contribution < 1.29 is 5.11 Å². The molecule has 0 saturated heterocycles. The lowest BCUT2D eigenvalue weighted by atomic mass is 9.78. The second-order valence-electron chi connectivity index (χ2n) is 5.98. The van der Waals surface area contributed by atoms with E-state index in [2.05, 4.69) is 37.0 Å². The van der Waals surface area contributed by atoms with Crippen molar-refractivity contribution in [2.24, 2.45) is 0 Å². The zero-order valence-electron chi connectivity index (χ0n) is 13.5. The second kappa shape index (κ2) is 7.77. The molecule has 2 nitrogen and oxygen atoms in total. The molecule has 0 amide bonds.